The molecule has 0 radical (unpaired) electrons. The minimum atomic E-state index is -0.300. The molecule has 2 heterocycles. The summed E-state index contributed by atoms with van der Waals surface area (Å²) in [6.45, 7) is 2.32. The number of anilines is 2. The number of imide groups is 1. The van der Waals surface area contributed by atoms with Gasteiger partial charge in [0, 0.05) is 30.4 Å². The van der Waals surface area contributed by atoms with Crippen LogP contribution in [0.1, 0.15) is 51.2 Å². The van der Waals surface area contributed by atoms with E-state index in [1.54, 1.807) is 31.2 Å². The fraction of sp³-hybridized carbons (Fsp3) is 0.179. The molecule has 3 amide bonds. The average molecular weight is 450 g/mol. The van der Waals surface area contributed by atoms with Crippen molar-refractivity contribution in [2.24, 2.45) is 0 Å². The molecule has 0 fully saturated rings. The number of benzene rings is 3. The molecule has 0 aromatic heterocycles. The van der Waals surface area contributed by atoms with Gasteiger partial charge in [0.15, 0.2) is 0 Å². The number of nitrogens with zero attached hydrogens (tertiary/aromatic N) is 2. The summed E-state index contributed by atoms with van der Waals surface area (Å²) in [7, 11) is 0. The maximum absolute atomic E-state index is 12.4. The van der Waals surface area contributed by atoms with Crippen molar-refractivity contribution in [3.8, 4) is 11.8 Å². The van der Waals surface area contributed by atoms with Crippen LogP contribution < -0.4 is 10.2 Å². The molecule has 3 aromatic rings. The highest BCUT2D eigenvalue weighted by molar-refractivity contribution is 6.21. The van der Waals surface area contributed by atoms with E-state index in [0.717, 1.165) is 28.9 Å². The Kier molecular flexibility index (Phi) is 5.60. The van der Waals surface area contributed by atoms with E-state index in [0.29, 0.717) is 17.7 Å². The lowest BCUT2D eigenvalue weighted by Gasteiger charge is -2.34. The van der Waals surface area contributed by atoms with Gasteiger partial charge in [0.05, 0.1) is 23.7 Å². The summed E-state index contributed by atoms with van der Waals surface area (Å²) >= 11 is 0. The molecule has 2 aliphatic rings. The van der Waals surface area contributed by atoms with E-state index in [2.05, 4.69) is 23.2 Å². The average Bonchev–Trinajstić information content (AvgIpc) is 3.10. The summed E-state index contributed by atoms with van der Waals surface area (Å²) in [6.07, 6.45) is 0.818. The lowest BCUT2D eigenvalue weighted by Crippen LogP contribution is -2.36. The molecule has 34 heavy (non-hydrogen) atoms. The van der Waals surface area contributed by atoms with Gasteiger partial charge in [-0.3, -0.25) is 19.3 Å². The van der Waals surface area contributed by atoms with Crippen molar-refractivity contribution in [2.75, 3.05) is 23.3 Å². The van der Waals surface area contributed by atoms with Gasteiger partial charge < -0.3 is 10.2 Å². The Labute approximate surface area is 198 Å². The minimum Gasteiger partial charge on any atom is -0.378 e. The van der Waals surface area contributed by atoms with Crippen LogP contribution in [0.3, 0.4) is 0 Å². The van der Waals surface area contributed by atoms with Crippen molar-refractivity contribution in [2.45, 2.75) is 19.4 Å². The second-order valence-corrected chi connectivity index (χ2v) is 8.34. The van der Waals surface area contributed by atoms with Gasteiger partial charge in [-0.2, -0.15) is 0 Å². The zero-order chi connectivity index (χ0) is 23.7. The highest BCUT2D eigenvalue weighted by atomic mass is 16.2. The summed E-state index contributed by atoms with van der Waals surface area (Å²) < 4.78 is 0. The number of carbonyl (C=O) groups excluding carboxylic acids is 3. The lowest BCUT2D eigenvalue weighted by molar-refractivity contribution is -0.116. The highest BCUT2D eigenvalue weighted by Crippen LogP contribution is 2.35. The summed E-state index contributed by atoms with van der Waals surface area (Å²) in [6, 6.07) is 22.7. The zero-order valence-corrected chi connectivity index (χ0v) is 18.7. The number of amides is 3. The number of hydrogen-bond acceptors (Lipinski definition) is 4. The maximum Gasteiger partial charge on any atom is 0.262 e. The Bertz CT molecular complexity index is 1320. The van der Waals surface area contributed by atoms with Crippen LogP contribution in [0, 0.1) is 11.8 Å². The standard InChI is InChI=1S/C28H23N3O3/c1-19(32)30-18-16-25(24-10-4-5-11-26(24)30)29-21-14-12-20(13-15-21)7-6-17-31-27(33)22-8-2-3-9-23(22)28(31)34/h2-5,8-15,25,29H,16-18H2,1H3/t25-/m1/s1. The first-order chi connectivity index (χ1) is 16.5. The van der Waals surface area contributed by atoms with E-state index in [4.69, 9.17) is 0 Å². The zero-order valence-electron chi connectivity index (χ0n) is 18.7. The highest BCUT2D eigenvalue weighted by Gasteiger charge is 2.34. The molecule has 5 rings (SSSR count). The molecule has 0 spiro atoms. The quantitative estimate of drug-likeness (QED) is 0.480. The number of para-hydroxylation sites is 1. The number of carbonyl (C=O) groups is 3. The predicted molar refractivity (Wildman–Crippen MR) is 131 cm³/mol. The molecule has 168 valence electrons. The van der Waals surface area contributed by atoms with Crippen LogP contribution in [-0.4, -0.2) is 35.7 Å². The molecule has 3 aromatic carbocycles. The van der Waals surface area contributed by atoms with Gasteiger partial charge in [-0.05, 0) is 54.4 Å². The second kappa shape index (κ2) is 8.87. The van der Waals surface area contributed by atoms with E-state index >= 15 is 0 Å². The Balaban J connectivity index is 1.25. The summed E-state index contributed by atoms with van der Waals surface area (Å²) in [5.74, 6) is 5.43. The van der Waals surface area contributed by atoms with Crippen molar-refractivity contribution < 1.29 is 14.4 Å². The lowest BCUT2D eigenvalue weighted by atomic mass is 9.96. The normalized spacial score (nSPS) is 16.4. The SMILES string of the molecule is CC(=O)N1CC[C@@H](Nc2ccc(C#CCN3C(=O)c4ccccc4C3=O)cc2)c2ccccc21. The largest absolute Gasteiger partial charge is 0.378 e. The van der Waals surface area contributed by atoms with E-state index < -0.39 is 0 Å². The van der Waals surface area contributed by atoms with Gasteiger partial charge in [-0.25, -0.2) is 0 Å². The van der Waals surface area contributed by atoms with Crippen LogP contribution >= 0.6 is 0 Å². The molecule has 0 unspecified atom stereocenters. The first-order valence-corrected chi connectivity index (χ1v) is 11.2. The van der Waals surface area contributed by atoms with Crippen LogP contribution in [0.2, 0.25) is 0 Å². The third-order valence-corrected chi connectivity index (χ3v) is 6.20. The topological polar surface area (TPSA) is 69.7 Å². The summed E-state index contributed by atoms with van der Waals surface area (Å²) in [5.41, 5.74) is 4.68. The van der Waals surface area contributed by atoms with Crippen molar-refractivity contribution in [3.05, 3.63) is 95.1 Å². The second-order valence-electron chi connectivity index (χ2n) is 8.34. The van der Waals surface area contributed by atoms with Crippen molar-refractivity contribution in [3.63, 3.8) is 0 Å². The van der Waals surface area contributed by atoms with Gasteiger partial charge in [0.2, 0.25) is 5.91 Å². The molecule has 6 heteroatoms. The molecular formula is C28H23N3O3. The van der Waals surface area contributed by atoms with Gasteiger partial charge in [0.25, 0.3) is 11.8 Å². The summed E-state index contributed by atoms with van der Waals surface area (Å²) in [5, 5.41) is 3.56. The molecule has 0 bridgehead atoms. The Hall–Kier alpha value is -4.37. The van der Waals surface area contributed by atoms with E-state index in [-0.39, 0.29) is 30.3 Å². The van der Waals surface area contributed by atoms with Crippen LogP contribution in [-0.2, 0) is 4.79 Å². The van der Waals surface area contributed by atoms with E-state index in [9.17, 15) is 14.4 Å². The van der Waals surface area contributed by atoms with Gasteiger partial charge in [-0.15, -0.1) is 0 Å². The first kappa shape index (κ1) is 21.5. The molecule has 2 aliphatic heterocycles. The number of fused-ring (bicyclic) bond motifs is 2. The van der Waals surface area contributed by atoms with Crippen LogP contribution in [0.5, 0.6) is 0 Å². The molecule has 6 nitrogen and oxygen atoms in total. The maximum atomic E-state index is 12.4. The third kappa shape index (κ3) is 3.93. The van der Waals surface area contributed by atoms with E-state index in [1.165, 1.54) is 4.90 Å². The molecule has 0 saturated heterocycles. The van der Waals surface area contributed by atoms with Crippen LogP contribution in [0.25, 0.3) is 0 Å². The molecule has 0 saturated carbocycles. The minimum absolute atomic E-state index is 0.0510. The fourth-order valence-corrected chi connectivity index (χ4v) is 4.49. The fourth-order valence-electron chi connectivity index (χ4n) is 4.49. The van der Waals surface area contributed by atoms with E-state index in [1.807, 2.05) is 47.4 Å². The van der Waals surface area contributed by atoms with Crippen molar-refractivity contribution >= 4 is 29.1 Å². The van der Waals surface area contributed by atoms with Crippen LogP contribution in [0.15, 0.2) is 72.8 Å². The van der Waals surface area contributed by atoms with Gasteiger partial charge in [-0.1, -0.05) is 42.2 Å². The van der Waals surface area contributed by atoms with Crippen LogP contribution in [0.4, 0.5) is 11.4 Å². The predicted octanol–water partition coefficient (Wildman–Crippen LogP) is 4.24. The van der Waals surface area contributed by atoms with Gasteiger partial charge >= 0.3 is 0 Å². The molecule has 1 atom stereocenters. The smallest absolute Gasteiger partial charge is 0.262 e. The Morgan fingerprint density at radius 2 is 1.59 bits per heavy atom. The van der Waals surface area contributed by atoms with Crippen molar-refractivity contribution in [1.82, 2.24) is 4.90 Å². The first-order valence-electron chi connectivity index (χ1n) is 11.2. The molecule has 0 aliphatic carbocycles. The van der Waals surface area contributed by atoms with Gasteiger partial charge in [0.1, 0.15) is 0 Å². The number of hydrogen-bond donors (Lipinski definition) is 1. The molecule has 1 N–H and O–H groups in total. The third-order valence-electron chi connectivity index (χ3n) is 6.20. The Morgan fingerprint density at radius 1 is 0.941 bits per heavy atom. The number of nitrogens with one attached hydrogen (secondary N) is 1. The molecular weight excluding hydrogens is 426 g/mol. The van der Waals surface area contributed by atoms with Crippen molar-refractivity contribution in [1.29, 1.82) is 0 Å². The Morgan fingerprint density at radius 3 is 2.26 bits per heavy atom. The monoisotopic (exact) mass is 449 g/mol. The number of rotatable bonds is 3. The summed E-state index contributed by atoms with van der Waals surface area (Å²) in [4.78, 5) is 39.9.